The predicted octanol–water partition coefficient (Wildman–Crippen LogP) is 2.30. The smallest absolute Gasteiger partial charge is 0.387 e. The number of nitriles is 1. The molecule has 0 amide bonds. The minimum absolute atomic E-state index is 0.348. The molecule has 0 saturated carbocycles. The number of halogens is 3. The Morgan fingerprint density at radius 3 is 2.67 bits per heavy atom. The molecule has 0 bridgehead atoms. The molecule has 0 aromatic heterocycles. The van der Waals surface area contributed by atoms with Crippen molar-refractivity contribution < 1.29 is 17.9 Å². The van der Waals surface area contributed by atoms with E-state index in [1.54, 1.807) is 0 Å². The van der Waals surface area contributed by atoms with Gasteiger partial charge in [0.25, 0.3) is 0 Å². The summed E-state index contributed by atoms with van der Waals surface area (Å²) in [4.78, 5) is 0. The molecule has 76 valence electrons. The Kier molecular flexibility index (Phi) is 3.59. The Balaban J connectivity index is 3.15. The van der Waals surface area contributed by atoms with Crippen molar-refractivity contribution in [2.45, 2.75) is 6.61 Å². The van der Waals surface area contributed by atoms with Crippen molar-refractivity contribution in [3.8, 4) is 23.7 Å². The largest absolute Gasteiger partial charge is 0.433 e. The minimum Gasteiger partial charge on any atom is -0.433 e. The highest BCUT2D eigenvalue weighted by atomic mass is 19.3. The molecular formula is C10H4F3NO. The minimum atomic E-state index is -3.06. The van der Waals surface area contributed by atoms with E-state index in [0.717, 1.165) is 12.1 Å². The zero-order valence-corrected chi connectivity index (χ0v) is 7.30. The lowest BCUT2D eigenvalue weighted by Crippen LogP contribution is -2.04. The molecule has 0 heterocycles. The van der Waals surface area contributed by atoms with Crippen LogP contribution in [0.3, 0.4) is 0 Å². The third-order valence-electron chi connectivity index (χ3n) is 1.43. The zero-order chi connectivity index (χ0) is 11.3. The van der Waals surface area contributed by atoms with Crippen molar-refractivity contribution in [1.29, 1.82) is 5.26 Å². The maximum Gasteiger partial charge on any atom is 0.387 e. The number of rotatable bonds is 2. The highest BCUT2D eigenvalue weighted by Gasteiger charge is 2.11. The molecule has 0 fully saturated rings. The number of benzene rings is 1. The van der Waals surface area contributed by atoms with Crippen LogP contribution < -0.4 is 4.74 Å². The second kappa shape index (κ2) is 4.92. The predicted molar refractivity (Wildman–Crippen MR) is 45.5 cm³/mol. The molecule has 0 spiro atoms. The first-order valence-corrected chi connectivity index (χ1v) is 3.78. The molecule has 0 N–H and O–H groups in total. The lowest BCUT2D eigenvalue weighted by molar-refractivity contribution is -0.0501. The summed E-state index contributed by atoms with van der Waals surface area (Å²) in [5, 5.41) is 8.16. The summed E-state index contributed by atoms with van der Waals surface area (Å²) in [6.45, 7) is -3.06. The SMILES string of the molecule is N#CC#Cc1c(F)cccc1OC(F)F. The van der Waals surface area contributed by atoms with Crippen LogP contribution in [-0.4, -0.2) is 6.61 Å². The van der Waals surface area contributed by atoms with Crippen LogP contribution in [0.5, 0.6) is 5.75 Å². The van der Waals surface area contributed by atoms with E-state index >= 15 is 0 Å². The van der Waals surface area contributed by atoms with Crippen molar-refractivity contribution in [2.24, 2.45) is 0 Å². The molecule has 0 aliphatic rings. The van der Waals surface area contributed by atoms with E-state index in [0.29, 0.717) is 0 Å². The maximum absolute atomic E-state index is 13.1. The summed E-state index contributed by atoms with van der Waals surface area (Å²) in [5.41, 5.74) is -0.348. The van der Waals surface area contributed by atoms with Gasteiger partial charge < -0.3 is 4.74 Å². The van der Waals surface area contributed by atoms with Gasteiger partial charge in [-0.15, -0.1) is 0 Å². The van der Waals surface area contributed by atoms with Gasteiger partial charge in [0.2, 0.25) is 0 Å². The monoisotopic (exact) mass is 211 g/mol. The van der Waals surface area contributed by atoms with Gasteiger partial charge in [-0.2, -0.15) is 14.0 Å². The summed E-state index contributed by atoms with van der Waals surface area (Å²) in [6, 6.07) is 4.86. The van der Waals surface area contributed by atoms with Crippen LogP contribution >= 0.6 is 0 Å². The molecule has 5 heteroatoms. The van der Waals surface area contributed by atoms with Gasteiger partial charge in [-0.1, -0.05) is 6.07 Å². The van der Waals surface area contributed by atoms with Gasteiger partial charge in [0.15, 0.2) is 6.07 Å². The van der Waals surface area contributed by atoms with Gasteiger partial charge in [-0.05, 0) is 18.1 Å². The summed E-state index contributed by atoms with van der Waals surface area (Å²) in [7, 11) is 0. The summed E-state index contributed by atoms with van der Waals surface area (Å²) < 4.78 is 40.9. The van der Waals surface area contributed by atoms with Crippen LogP contribution in [0, 0.1) is 29.0 Å². The van der Waals surface area contributed by atoms with Gasteiger partial charge in [-0.25, -0.2) is 4.39 Å². The van der Waals surface area contributed by atoms with Gasteiger partial charge in [-0.3, -0.25) is 0 Å². The number of hydrogen-bond acceptors (Lipinski definition) is 2. The van der Waals surface area contributed by atoms with Crippen LogP contribution in [0.15, 0.2) is 18.2 Å². The fraction of sp³-hybridized carbons (Fsp3) is 0.100. The number of hydrogen-bond donors (Lipinski definition) is 0. The van der Waals surface area contributed by atoms with Crippen molar-refractivity contribution in [3.05, 3.63) is 29.6 Å². The van der Waals surface area contributed by atoms with Crippen LogP contribution in [0.4, 0.5) is 13.2 Å². The molecule has 0 unspecified atom stereocenters. The van der Waals surface area contributed by atoms with E-state index in [1.165, 1.54) is 12.1 Å². The average Bonchev–Trinajstić information content (AvgIpc) is 2.16. The second-order valence-corrected chi connectivity index (χ2v) is 2.35. The first-order chi connectivity index (χ1) is 7.15. The van der Waals surface area contributed by atoms with Crippen molar-refractivity contribution in [3.63, 3.8) is 0 Å². The average molecular weight is 211 g/mol. The molecule has 0 atom stereocenters. The van der Waals surface area contributed by atoms with Crippen LogP contribution in [0.2, 0.25) is 0 Å². The fourth-order valence-corrected chi connectivity index (χ4v) is 0.910. The molecule has 0 radical (unpaired) electrons. The molecule has 0 saturated heterocycles. The first kappa shape index (κ1) is 10.9. The normalized spacial score (nSPS) is 9.00. The Hall–Kier alpha value is -2.14. The van der Waals surface area contributed by atoms with E-state index in [1.807, 2.05) is 5.92 Å². The van der Waals surface area contributed by atoms with E-state index in [9.17, 15) is 13.2 Å². The molecule has 2 nitrogen and oxygen atoms in total. The molecule has 1 rings (SSSR count). The highest BCUT2D eigenvalue weighted by Crippen LogP contribution is 2.22. The molecule has 1 aromatic rings. The van der Waals surface area contributed by atoms with E-state index < -0.39 is 12.4 Å². The molecule has 0 aliphatic heterocycles. The van der Waals surface area contributed by atoms with Crippen LogP contribution in [0.25, 0.3) is 0 Å². The summed E-state index contributed by atoms with van der Waals surface area (Å²) >= 11 is 0. The lowest BCUT2D eigenvalue weighted by atomic mass is 10.2. The van der Waals surface area contributed by atoms with E-state index in [4.69, 9.17) is 5.26 Å². The fourth-order valence-electron chi connectivity index (χ4n) is 0.910. The lowest BCUT2D eigenvalue weighted by Gasteiger charge is -2.06. The molecule has 0 aliphatic carbocycles. The van der Waals surface area contributed by atoms with E-state index in [-0.39, 0.29) is 11.3 Å². The Bertz CT molecular complexity index is 454. The number of nitrogens with zero attached hydrogens (tertiary/aromatic N) is 1. The summed E-state index contributed by atoms with van der Waals surface area (Å²) in [6.07, 6.45) is 0. The van der Waals surface area contributed by atoms with Crippen LogP contribution in [0.1, 0.15) is 5.56 Å². The summed E-state index contributed by atoms with van der Waals surface area (Å²) in [5.74, 6) is 2.81. The zero-order valence-electron chi connectivity index (χ0n) is 7.30. The number of alkyl halides is 2. The van der Waals surface area contributed by atoms with Gasteiger partial charge >= 0.3 is 6.61 Å². The quantitative estimate of drug-likeness (QED) is 0.703. The van der Waals surface area contributed by atoms with Gasteiger partial charge in [0, 0.05) is 5.92 Å². The van der Waals surface area contributed by atoms with Gasteiger partial charge in [0.05, 0.1) is 0 Å². The molecule has 15 heavy (non-hydrogen) atoms. The Labute approximate surface area is 83.9 Å². The third kappa shape index (κ3) is 2.92. The Morgan fingerprint density at radius 1 is 1.33 bits per heavy atom. The molecule has 1 aromatic carbocycles. The Morgan fingerprint density at radius 2 is 2.07 bits per heavy atom. The van der Waals surface area contributed by atoms with Gasteiger partial charge in [0.1, 0.15) is 17.1 Å². The third-order valence-corrected chi connectivity index (χ3v) is 1.43. The highest BCUT2D eigenvalue weighted by molar-refractivity contribution is 5.48. The second-order valence-electron chi connectivity index (χ2n) is 2.35. The van der Waals surface area contributed by atoms with E-state index in [2.05, 4.69) is 10.7 Å². The topological polar surface area (TPSA) is 33.0 Å². The van der Waals surface area contributed by atoms with Crippen LogP contribution in [-0.2, 0) is 0 Å². The van der Waals surface area contributed by atoms with Crippen molar-refractivity contribution >= 4 is 0 Å². The number of ether oxygens (including phenoxy) is 1. The standard InChI is InChI=1S/C10H4F3NO/c11-8-4-1-5-9(15-10(12)13)7(8)3-2-6-14/h1,4-5,10H. The molecular weight excluding hydrogens is 207 g/mol. The first-order valence-electron chi connectivity index (χ1n) is 3.78. The van der Waals surface area contributed by atoms with Crippen molar-refractivity contribution in [2.75, 3.05) is 0 Å². The van der Waals surface area contributed by atoms with Crippen molar-refractivity contribution in [1.82, 2.24) is 0 Å². The maximum atomic E-state index is 13.1.